The number of nitrogens with zero attached hydrogens (tertiary/aromatic N) is 4. The summed E-state index contributed by atoms with van der Waals surface area (Å²) in [5.41, 5.74) is 10.3. The average molecular weight is 315 g/mol. The number of pyridine rings is 1. The van der Waals surface area contributed by atoms with Crippen LogP contribution in [-0.4, -0.2) is 52.4 Å². The number of piperidine rings is 1. The minimum Gasteiger partial charge on any atom is -0.398 e. The molecule has 1 fully saturated rings. The monoisotopic (exact) mass is 315 g/mol. The molecule has 2 N–H and O–H groups in total. The summed E-state index contributed by atoms with van der Waals surface area (Å²) < 4.78 is 2.18. The Labute approximate surface area is 139 Å². The molecule has 5 nitrogen and oxygen atoms in total. The van der Waals surface area contributed by atoms with E-state index in [9.17, 15) is 0 Å². The topological polar surface area (TPSA) is 49.8 Å². The fraction of sp³-hybridized carbons (Fsp3) is 0.611. The SMILES string of the molecule is CC(C)c1nc2ccc(N)cn2c1CN(C)C1CCN(C)CC1. The number of rotatable bonds is 4. The molecule has 0 radical (unpaired) electrons. The van der Waals surface area contributed by atoms with E-state index in [1.165, 1.54) is 37.3 Å². The molecule has 0 saturated carbocycles. The predicted octanol–water partition coefficient (Wildman–Crippen LogP) is 2.57. The summed E-state index contributed by atoms with van der Waals surface area (Å²) in [6, 6.07) is 4.59. The highest BCUT2D eigenvalue weighted by atomic mass is 15.2. The van der Waals surface area contributed by atoms with Gasteiger partial charge in [-0.2, -0.15) is 0 Å². The van der Waals surface area contributed by atoms with Crippen molar-refractivity contribution in [3.05, 3.63) is 29.7 Å². The first-order valence-electron chi connectivity index (χ1n) is 8.61. The summed E-state index contributed by atoms with van der Waals surface area (Å²) in [5, 5.41) is 0. The van der Waals surface area contributed by atoms with Crippen LogP contribution in [0.1, 0.15) is 44.0 Å². The molecule has 3 rings (SSSR count). The first-order valence-corrected chi connectivity index (χ1v) is 8.61. The lowest BCUT2D eigenvalue weighted by Gasteiger charge is -2.35. The Balaban J connectivity index is 1.88. The zero-order valence-electron chi connectivity index (χ0n) is 14.8. The van der Waals surface area contributed by atoms with Crippen LogP contribution in [0.15, 0.2) is 18.3 Å². The summed E-state index contributed by atoms with van der Waals surface area (Å²) in [5.74, 6) is 0.414. The van der Waals surface area contributed by atoms with Gasteiger partial charge in [-0.05, 0) is 58.1 Å². The summed E-state index contributed by atoms with van der Waals surface area (Å²) in [6.07, 6.45) is 4.48. The van der Waals surface area contributed by atoms with Crippen molar-refractivity contribution < 1.29 is 0 Å². The molecule has 0 spiro atoms. The van der Waals surface area contributed by atoms with Gasteiger partial charge in [0, 0.05) is 24.5 Å². The minimum absolute atomic E-state index is 0.414. The number of likely N-dealkylation sites (tertiary alicyclic amines) is 1. The van der Waals surface area contributed by atoms with Crippen molar-refractivity contribution in [3.63, 3.8) is 0 Å². The number of nitrogen functional groups attached to an aromatic ring is 1. The molecule has 2 aromatic rings. The van der Waals surface area contributed by atoms with Crippen molar-refractivity contribution in [1.82, 2.24) is 19.2 Å². The molecular formula is C18H29N5. The van der Waals surface area contributed by atoms with E-state index in [1.54, 1.807) is 0 Å². The van der Waals surface area contributed by atoms with Crippen molar-refractivity contribution in [1.29, 1.82) is 0 Å². The van der Waals surface area contributed by atoms with Gasteiger partial charge in [-0.3, -0.25) is 4.90 Å². The second kappa shape index (κ2) is 6.49. The molecule has 5 heteroatoms. The number of imidazole rings is 1. The van der Waals surface area contributed by atoms with E-state index in [1.807, 2.05) is 18.3 Å². The van der Waals surface area contributed by atoms with Crippen molar-refractivity contribution >= 4 is 11.3 Å². The highest BCUT2D eigenvalue weighted by Gasteiger charge is 2.23. The second-order valence-corrected chi connectivity index (χ2v) is 7.24. The Kier molecular flexibility index (Phi) is 4.60. The van der Waals surface area contributed by atoms with Crippen LogP contribution in [0.4, 0.5) is 5.69 Å². The maximum absolute atomic E-state index is 6.00. The molecule has 1 aliphatic heterocycles. The van der Waals surface area contributed by atoms with Crippen LogP contribution in [-0.2, 0) is 6.54 Å². The molecule has 0 aliphatic carbocycles. The maximum atomic E-state index is 6.00. The number of hydrogen-bond acceptors (Lipinski definition) is 4. The van der Waals surface area contributed by atoms with Crippen LogP contribution in [0.3, 0.4) is 0 Å². The van der Waals surface area contributed by atoms with Gasteiger partial charge in [-0.1, -0.05) is 13.8 Å². The third kappa shape index (κ3) is 3.35. The molecule has 0 bridgehead atoms. The molecule has 1 saturated heterocycles. The zero-order chi connectivity index (χ0) is 16.6. The highest BCUT2D eigenvalue weighted by molar-refractivity contribution is 5.50. The van der Waals surface area contributed by atoms with Gasteiger partial charge in [0.15, 0.2) is 0 Å². The second-order valence-electron chi connectivity index (χ2n) is 7.24. The van der Waals surface area contributed by atoms with Gasteiger partial charge in [0.1, 0.15) is 5.65 Å². The Morgan fingerprint density at radius 2 is 2.00 bits per heavy atom. The van der Waals surface area contributed by atoms with Gasteiger partial charge >= 0.3 is 0 Å². The van der Waals surface area contributed by atoms with E-state index in [0.717, 1.165) is 17.9 Å². The summed E-state index contributed by atoms with van der Waals surface area (Å²) in [6.45, 7) is 7.72. The van der Waals surface area contributed by atoms with Gasteiger partial charge in [-0.25, -0.2) is 4.98 Å². The van der Waals surface area contributed by atoms with E-state index in [2.05, 4.69) is 42.1 Å². The fourth-order valence-electron chi connectivity index (χ4n) is 3.55. The number of hydrogen-bond donors (Lipinski definition) is 1. The lowest BCUT2D eigenvalue weighted by Crippen LogP contribution is -2.41. The first-order chi connectivity index (χ1) is 11.0. The molecule has 126 valence electrons. The molecular weight excluding hydrogens is 286 g/mol. The summed E-state index contributed by atoms with van der Waals surface area (Å²) in [7, 11) is 4.45. The normalized spacial score (nSPS) is 17.7. The largest absolute Gasteiger partial charge is 0.398 e. The van der Waals surface area contributed by atoms with Crippen molar-refractivity contribution in [2.75, 3.05) is 32.9 Å². The van der Waals surface area contributed by atoms with Gasteiger partial charge in [0.05, 0.1) is 11.4 Å². The standard InChI is InChI=1S/C18H29N5/c1-13(2)18-16(23-11-14(19)5-6-17(23)20-18)12-22(4)15-7-9-21(3)10-8-15/h5-6,11,13,15H,7-10,12,19H2,1-4H3. The Hall–Kier alpha value is -1.59. The van der Waals surface area contributed by atoms with Crippen LogP contribution in [0.2, 0.25) is 0 Å². The van der Waals surface area contributed by atoms with E-state index in [0.29, 0.717) is 12.0 Å². The van der Waals surface area contributed by atoms with Crippen LogP contribution in [0.5, 0.6) is 0 Å². The Morgan fingerprint density at radius 3 is 2.65 bits per heavy atom. The summed E-state index contributed by atoms with van der Waals surface area (Å²) >= 11 is 0. The van der Waals surface area contributed by atoms with Crippen molar-refractivity contribution in [2.45, 2.75) is 45.2 Å². The Bertz CT molecular complexity index is 667. The number of fused-ring (bicyclic) bond motifs is 1. The van der Waals surface area contributed by atoms with Gasteiger partial charge < -0.3 is 15.0 Å². The molecule has 0 unspecified atom stereocenters. The molecule has 0 aromatic carbocycles. The molecule has 23 heavy (non-hydrogen) atoms. The van der Waals surface area contributed by atoms with Crippen molar-refractivity contribution in [2.24, 2.45) is 0 Å². The van der Waals surface area contributed by atoms with Crippen molar-refractivity contribution in [3.8, 4) is 0 Å². The van der Waals surface area contributed by atoms with E-state index in [4.69, 9.17) is 10.7 Å². The first kappa shape index (κ1) is 16.3. The van der Waals surface area contributed by atoms with E-state index >= 15 is 0 Å². The molecule has 2 aromatic heterocycles. The summed E-state index contributed by atoms with van der Waals surface area (Å²) in [4.78, 5) is 9.74. The molecule has 0 amide bonds. The predicted molar refractivity (Wildman–Crippen MR) is 95.7 cm³/mol. The van der Waals surface area contributed by atoms with Crippen LogP contribution < -0.4 is 5.73 Å². The van der Waals surface area contributed by atoms with Crippen LogP contribution in [0.25, 0.3) is 5.65 Å². The Morgan fingerprint density at radius 1 is 1.30 bits per heavy atom. The maximum Gasteiger partial charge on any atom is 0.137 e. The number of anilines is 1. The number of aromatic nitrogens is 2. The lowest BCUT2D eigenvalue weighted by molar-refractivity contribution is 0.137. The highest BCUT2D eigenvalue weighted by Crippen LogP contribution is 2.25. The third-order valence-electron chi connectivity index (χ3n) is 5.03. The quantitative estimate of drug-likeness (QED) is 0.942. The smallest absolute Gasteiger partial charge is 0.137 e. The minimum atomic E-state index is 0.414. The molecule has 1 aliphatic rings. The lowest BCUT2D eigenvalue weighted by atomic mass is 10.0. The van der Waals surface area contributed by atoms with E-state index < -0.39 is 0 Å². The average Bonchev–Trinajstić information content (AvgIpc) is 2.86. The van der Waals surface area contributed by atoms with Crippen LogP contribution in [0, 0.1) is 0 Å². The van der Waals surface area contributed by atoms with Crippen LogP contribution >= 0.6 is 0 Å². The molecule has 0 atom stereocenters. The van der Waals surface area contributed by atoms with Gasteiger partial charge in [0.25, 0.3) is 0 Å². The third-order valence-corrected chi connectivity index (χ3v) is 5.03. The molecule has 3 heterocycles. The van der Waals surface area contributed by atoms with Gasteiger partial charge in [-0.15, -0.1) is 0 Å². The van der Waals surface area contributed by atoms with E-state index in [-0.39, 0.29) is 0 Å². The fourth-order valence-corrected chi connectivity index (χ4v) is 3.55. The zero-order valence-corrected chi connectivity index (χ0v) is 14.8. The number of nitrogens with two attached hydrogens (primary N) is 1. The van der Waals surface area contributed by atoms with Gasteiger partial charge in [0.2, 0.25) is 0 Å².